The van der Waals surface area contributed by atoms with Crippen LogP contribution in [-0.4, -0.2) is 30.1 Å². The molecule has 0 bridgehead atoms. The molecule has 1 fully saturated rings. The highest BCUT2D eigenvalue weighted by atomic mass is 19.1. The molecule has 1 aliphatic rings. The molecule has 5 nitrogen and oxygen atoms in total. The summed E-state index contributed by atoms with van der Waals surface area (Å²) in [6.45, 7) is 1.09. The molecular weight excluding hydrogens is 337 g/mol. The summed E-state index contributed by atoms with van der Waals surface area (Å²) in [4.78, 5) is 23.0. The summed E-state index contributed by atoms with van der Waals surface area (Å²) in [5.74, 6) is -1.27. The fourth-order valence-electron chi connectivity index (χ4n) is 3.12. The molecule has 0 spiro atoms. The third-order valence-corrected chi connectivity index (χ3v) is 4.54. The van der Waals surface area contributed by atoms with Gasteiger partial charge in [0.25, 0.3) is 0 Å². The molecule has 0 radical (unpaired) electrons. The number of carboxylic acids is 1. The Bertz CT molecular complexity index is 773. The molecule has 2 atom stereocenters. The van der Waals surface area contributed by atoms with Gasteiger partial charge in [-0.05, 0) is 41.8 Å². The second-order valence-corrected chi connectivity index (χ2v) is 6.37. The zero-order chi connectivity index (χ0) is 18.5. The zero-order valence-electron chi connectivity index (χ0n) is 14.2. The number of rotatable bonds is 6. The van der Waals surface area contributed by atoms with E-state index in [0.717, 1.165) is 17.5 Å². The van der Waals surface area contributed by atoms with Crippen LogP contribution in [0.2, 0.25) is 0 Å². The Hall–Kier alpha value is -2.73. The van der Waals surface area contributed by atoms with Crippen molar-refractivity contribution in [3.63, 3.8) is 0 Å². The van der Waals surface area contributed by atoms with E-state index in [9.17, 15) is 14.0 Å². The van der Waals surface area contributed by atoms with Gasteiger partial charge in [-0.15, -0.1) is 0 Å². The van der Waals surface area contributed by atoms with Gasteiger partial charge < -0.3 is 15.2 Å². The highest BCUT2D eigenvalue weighted by Gasteiger charge is 2.29. The van der Waals surface area contributed by atoms with Gasteiger partial charge in [-0.1, -0.05) is 24.3 Å². The molecule has 6 heteroatoms. The highest BCUT2D eigenvalue weighted by molar-refractivity contribution is 5.87. The molecule has 2 N–H and O–H groups in total. The molecule has 1 saturated heterocycles. The van der Waals surface area contributed by atoms with Gasteiger partial charge in [0.05, 0.1) is 18.1 Å². The summed E-state index contributed by atoms with van der Waals surface area (Å²) < 4.78 is 18.8. The normalized spacial score (nSPS) is 19.3. The van der Waals surface area contributed by atoms with Gasteiger partial charge in [0, 0.05) is 19.1 Å². The first kappa shape index (κ1) is 18.1. The number of aromatic carboxylic acids is 1. The maximum Gasteiger partial charge on any atom is 0.335 e. The Kier molecular flexibility index (Phi) is 5.63. The molecule has 0 aliphatic carbocycles. The first-order valence-corrected chi connectivity index (χ1v) is 8.49. The summed E-state index contributed by atoms with van der Waals surface area (Å²) in [5.41, 5.74) is 1.86. The van der Waals surface area contributed by atoms with Gasteiger partial charge in [0.1, 0.15) is 5.82 Å². The molecule has 26 heavy (non-hydrogen) atoms. The quantitative estimate of drug-likeness (QED) is 0.833. The number of carboxylic acid groups (broad SMARTS) is 1. The summed E-state index contributed by atoms with van der Waals surface area (Å²) in [5, 5.41) is 11.8. The second-order valence-electron chi connectivity index (χ2n) is 6.37. The van der Waals surface area contributed by atoms with Crippen LogP contribution in [0.1, 0.15) is 34.0 Å². The predicted molar refractivity (Wildman–Crippen MR) is 93.3 cm³/mol. The van der Waals surface area contributed by atoms with Crippen molar-refractivity contribution in [2.45, 2.75) is 18.9 Å². The lowest BCUT2D eigenvalue weighted by Gasteiger charge is -2.19. The number of halogens is 1. The van der Waals surface area contributed by atoms with Gasteiger partial charge in [-0.25, -0.2) is 9.18 Å². The van der Waals surface area contributed by atoms with Crippen LogP contribution in [0.25, 0.3) is 0 Å². The van der Waals surface area contributed by atoms with E-state index in [1.165, 1.54) is 24.3 Å². The Labute approximate surface area is 150 Å². The number of ether oxygens (including phenoxy) is 1. The second kappa shape index (κ2) is 8.10. The summed E-state index contributed by atoms with van der Waals surface area (Å²) in [6.07, 6.45) is 0.871. The van der Waals surface area contributed by atoms with E-state index < -0.39 is 5.97 Å². The minimum atomic E-state index is -0.992. The van der Waals surface area contributed by atoms with Crippen molar-refractivity contribution >= 4 is 11.9 Å². The number of amides is 1. The molecule has 0 saturated carbocycles. The van der Waals surface area contributed by atoms with E-state index in [-0.39, 0.29) is 35.7 Å². The largest absolute Gasteiger partial charge is 0.478 e. The van der Waals surface area contributed by atoms with Crippen LogP contribution >= 0.6 is 0 Å². The van der Waals surface area contributed by atoms with E-state index >= 15 is 0 Å². The van der Waals surface area contributed by atoms with Crippen LogP contribution in [0.4, 0.5) is 4.39 Å². The van der Waals surface area contributed by atoms with Crippen molar-refractivity contribution in [2.24, 2.45) is 5.92 Å². The average Bonchev–Trinajstić information content (AvgIpc) is 3.09. The number of nitrogens with one attached hydrogen (secondary N) is 1. The first-order chi connectivity index (χ1) is 12.5. The van der Waals surface area contributed by atoms with E-state index in [1.54, 1.807) is 24.3 Å². The molecule has 1 amide bonds. The third-order valence-electron chi connectivity index (χ3n) is 4.54. The van der Waals surface area contributed by atoms with Gasteiger partial charge >= 0.3 is 5.97 Å². The monoisotopic (exact) mass is 357 g/mol. The van der Waals surface area contributed by atoms with Crippen LogP contribution < -0.4 is 5.32 Å². The van der Waals surface area contributed by atoms with Crippen LogP contribution in [0.3, 0.4) is 0 Å². The van der Waals surface area contributed by atoms with Crippen LogP contribution in [0.5, 0.6) is 0 Å². The number of benzene rings is 2. The lowest BCUT2D eigenvalue weighted by atomic mass is 9.95. The fraction of sp³-hybridized carbons (Fsp3) is 0.300. The summed E-state index contributed by atoms with van der Waals surface area (Å²) in [6, 6.07) is 12.5. The number of carbonyl (C=O) groups is 2. The van der Waals surface area contributed by atoms with E-state index in [0.29, 0.717) is 13.2 Å². The molecule has 1 heterocycles. The number of carbonyl (C=O) groups excluding carboxylic acids is 1. The molecule has 1 aliphatic heterocycles. The third kappa shape index (κ3) is 4.46. The zero-order valence-corrected chi connectivity index (χ0v) is 14.2. The smallest absolute Gasteiger partial charge is 0.335 e. The van der Waals surface area contributed by atoms with Crippen molar-refractivity contribution in [1.29, 1.82) is 0 Å². The number of hydrogen-bond donors (Lipinski definition) is 2. The number of hydrogen-bond acceptors (Lipinski definition) is 3. The molecule has 2 aromatic rings. The maximum atomic E-state index is 13.1. The molecule has 136 valence electrons. The lowest BCUT2D eigenvalue weighted by molar-refractivity contribution is -0.120. The minimum Gasteiger partial charge on any atom is -0.478 e. The Morgan fingerprint density at radius 2 is 1.81 bits per heavy atom. The minimum absolute atomic E-state index is 0.127. The maximum absolute atomic E-state index is 13.1. The predicted octanol–water partition coefficient (Wildman–Crippen LogP) is 2.96. The van der Waals surface area contributed by atoms with Crippen molar-refractivity contribution in [3.05, 3.63) is 71.0 Å². The van der Waals surface area contributed by atoms with Crippen molar-refractivity contribution < 1.29 is 23.8 Å². The molecule has 0 aromatic heterocycles. The highest BCUT2D eigenvalue weighted by Crippen LogP contribution is 2.34. The Balaban J connectivity index is 1.53. The van der Waals surface area contributed by atoms with Crippen LogP contribution in [-0.2, 0) is 16.0 Å². The van der Waals surface area contributed by atoms with Crippen LogP contribution in [0.15, 0.2) is 48.5 Å². The van der Waals surface area contributed by atoms with Gasteiger partial charge in [0.15, 0.2) is 0 Å². The average molecular weight is 357 g/mol. The van der Waals surface area contributed by atoms with E-state index in [2.05, 4.69) is 5.32 Å². The molecule has 2 aromatic carbocycles. The molecule has 0 unspecified atom stereocenters. The van der Waals surface area contributed by atoms with Gasteiger partial charge in [-0.3, -0.25) is 4.79 Å². The summed E-state index contributed by atoms with van der Waals surface area (Å²) in [7, 11) is 0. The standard InChI is InChI=1S/C20H20FNO4/c21-17-7-5-14(6-8-17)19-16(9-10-26-19)12-22-18(23)11-13-1-3-15(4-2-13)20(24)25/h1-8,16,19H,9-12H2,(H,22,23)(H,24,25)/t16-,19-/m0/s1. The van der Waals surface area contributed by atoms with E-state index in [1.807, 2.05) is 0 Å². The SMILES string of the molecule is O=C(Cc1ccc(C(=O)O)cc1)NC[C@@H]1CCO[C@H]1c1ccc(F)cc1. The lowest BCUT2D eigenvalue weighted by Crippen LogP contribution is -2.31. The Morgan fingerprint density at radius 1 is 1.12 bits per heavy atom. The van der Waals surface area contributed by atoms with Gasteiger partial charge in [-0.2, -0.15) is 0 Å². The topological polar surface area (TPSA) is 75.6 Å². The van der Waals surface area contributed by atoms with Gasteiger partial charge in [0.2, 0.25) is 5.91 Å². The van der Waals surface area contributed by atoms with Crippen molar-refractivity contribution in [3.8, 4) is 0 Å². The fourth-order valence-corrected chi connectivity index (χ4v) is 3.12. The Morgan fingerprint density at radius 3 is 2.46 bits per heavy atom. The molecular formula is C20H20FNO4. The summed E-state index contributed by atoms with van der Waals surface area (Å²) >= 11 is 0. The molecule has 3 rings (SSSR count). The first-order valence-electron chi connectivity index (χ1n) is 8.49. The van der Waals surface area contributed by atoms with Crippen LogP contribution in [0, 0.1) is 11.7 Å². The van der Waals surface area contributed by atoms with Crippen molar-refractivity contribution in [1.82, 2.24) is 5.32 Å². The van der Waals surface area contributed by atoms with Crippen molar-refractivity contribution in [2.75, 3.05) is 13.2 Å². The van der Waals surface area contributed by atoms with E-state index in [4.69, 9.17) is 9.84 Å².